The van der Waals surface area contributed by atoms with E-state index in [0.717, 1.165) is 48.8 Å². The van der Waals surface area contributed by atoms with E-state index in [1.165, 1.54) is 0 Å². The van der Waals surface area contributed by atoms with Gasteiger partial charge >= 0.3 is 5.97 Å². The number of rotatable bonds is 12. The molecule has 6 heteroatoms. The lowest BCUT2D eigenvalue weighted by Crippen LogP contribution is -2.47. The van der Waals surface area contributed by atoms with Crippen LogP contribution in [-0.2, 0) is 14.3 Å². The first kappa shape index (κ1) is 30.7. The van der Waals surface area contributed by atoms with Crippen molar-refractivity contribution in [1.82, 2.24) is 0 Å². The van der Waals surface area contributed by atoms with E-state index in [1.54, 1.807) is 55.7 Å². The fraction of sp³-hybridized carbons (Fsp3) is 0.306. The van der Waals surface area contributed by atoms with Gasteiger partial charge in [-0.15, -0.1) is 0 Å². The summed E-state index contributed by atoms with van der Waals surface area (Å²) in [6, 6.07) is 21.6. The summed E-state index contributed by atoms with van der Waals surface area (Å²) in [6.07, 6.45) is 13.2. The molecule has 0 aromatic heterocycles. The Morgan fingerprint density at radius 2 is 1.38 bits per heavy atom. The molecule has 1 saturated carbocycles. The summed E-state index contributed by atoms with van der Waals surface area (Å²) in [5.74, 6) is 0.834. The molecule has 42 heavy (non-hydrogen) atoms. The van der Waals surface area contributed by atoms with Gasteiger partial charge in [-0.25, -0.2) is 4.79 Å². The topological polar surface area (TPSA) is 74.2 Å². The maximum absolute atomic E-state index is 14.2. The molecule has 3 aromatic carbocycles. The molecule has 2 unspecified atom stereocenters. The van der Waals surface area contributed by atoms with Crippen molar-refractivity contribution < 1.29 is 28.8 Å². The van der Waals surface area contributed by atoms with Crippen LogP contribution in [-0.4, -0.2) is 35.7 Å². The van der Waals surface area contributed by atoms with Crippen LogP contribution in [0.4, 0.5) is 0 Å². The molecule has 6 nitrogen and oxygen atoms in total. The van der Waals surface area contributed by atoms with E-state index < -0.39 is 17.2 Å². The van der Waals surface area contributed by atoms with Crippen molar-refractivity contribution >= 4 is 24.2 Å². The molecule has 1 fully saturated rings. The molecule has 1 aliphatic rings. The Labute approximate surface area is 248 Å². The molecule has 1 N–H and O–H groups in total. The van der Waals surface area contributed by atoms with Gasteiger partial charge in [-0.3, -0.25) is 0 Å². The summed E-state index contributed by atoms with van der Waals surface area (Å²) in [7, 11) is 1.59. The number of benzene rings is 3. The Morgan fingerprint density at radius 1 is 0.857 bits per heavy atom. The second-order valence-corrected chi connectivity index (χ2v) is 10.8. The van der Waals surface area contributed by atoms with Gasteiger partial charge in [-0.05, 0) is 105 Å². The van der Waals surface area contributed by atoms with Crippen molar-refractivity contribution in [3.05, 3.63) is 108 Å². The smallest absolute Gasteiger partial charge is 0.359 e. The van der Waals surface area contributed by atoms with E-state index in [9.17, 15) is 9.90 Å². The first-order valence-electron chi connectivity index (χ1n) is 14.3. The molecule has 0 bridgehead atoms. The third-order valence-corrected chi connectivity index (χ3v) is 7.43. The highest BCUT2D eigenvalue weighted by Gasteiger charge is 2.42. The third-order valence-electron chi connectivity index (χ3n) is 7.43. The van der Waals surface area contributed by atoms with Crippen LogP contribution >= 0.6 is 0 Å². The number of aromatic hydroxyl groups is 1. The zero-order chi connectivity index (χ0) is 30.0. The molecule has 0 radical (unpaired) electrons. The highest BCUT2D eigenvalue weighted by atomic mass is 16.7. The molecular weight excluding hydrogens is 528 g/mol. The summed E-state index contributed by atoms with van der Waals surface area (Å²) in [5, 5.41) is 9.76. The Morgan fingerprint density at radius 3 is 1.93 bits per heavy atom. The predicted octanol–water partition coefficient (Wildman–Crippen LogP) is 8.22. The minimum atomic E-state index is -1.59. The second kappa shape index (κ2) is 14.1. The molecule has 0 amide bonds. The van der Waals surface area contributed by atoms with E-state index in [1.807, 2.05) is 68.5 Å². The molecule has 0 heterocycles. The first-order valence-corrected chi connectivity index (χ1v) is 14.3. The average molecular weight is 569 g/mol. The van der Waals surface area contributed by atoms with Crippen LogP contribution in [0, 0.1) is 0 Å². The quantitative estimate of drug-likeness (QED) is 0.175. The number of hydrogen-bond donors (Lipinski definition) is 1. The zero-order valence-corrected chi connectivity index (χ0v) is 24.6. The van der Waals surface area contributed by atoms with Gasteiger partial charge in [0.25, 0.3) is 0 Å². The van der Waals surface area contributed by atoms with Gasteiger partial charge < -0.3 is 24.1 Å². The third kappa shape index (κ3) is 8.37. The molecular formula is C36H40O6. The number of carbonyl (C=O) groups is 1. The number of esters is 1. The number of phenols is 1. The number of carbonyl (C=O) groups excluding carboxylic acids is 1. The molecule has 2 atom stereocenters. The Balaban J connectivity index is 1.75. The molecule has 0 aliphatic heterocycles. The van der Waals surface area contributed by atoms with Crippen molar-refractivity contribution in [3.63, 3.8) is 0 Å². The average Bonchev–Trinajstić information content (AvgIpc) is 3.00. The normalized spacial score (nSPS) is 16.9. The molecule has 0 spiro atoms. The van der Waals surface area contributed by atoms with Crippen LogP contribution in [0.3, 0.4) is 0 Å². The van der Waals surface area contributed by atoms with Crippen LogP contribution in [0.2, 0.25) is 0 Å². The fourth-order valence-electron chi connectivity index (χ4n) is 4.80. The van der Waals surface area contributed by atoms with Gasteiger partial charge in [0.05, 0.1) is 0 Å². The highest BCUT2D eigenvalue weighted by molar-refractivity contribution is 5.88. The van der Waals surface area contributed by atoms with Crippen molar-refractivity contribution in [2.45, 2.75) is 63.4 Å². The van der Waals surface area contributed by atoms with Gasteiger partial charge in [0, 0.05) is 7.11 Å². The minimum Gasteiger partial charge on any atom is -0.508 e. The number of phenolic OH excluding ortho intramolecular Hbond substituents is 1. The summed E-state index contributed by atoms with van der Waals surface area (Å²) in [4.78, 5) is 14.2. The van der Waals surface area contributed by atoms with Gasteiger partial charge in [-0.2, -0.15) is 0 Å². The van der Waals surface area contributed by atoms with E-state index in [-0.39, 0.29) is 12.0 Å². The first-order chi connectivity index (χ1) is 20.2. The van der Waals surface area contributed by atoms with E-state index in [4.69, 9.17) is 18.9 Å². The predicted molar refractivity (Wildman–Crippen MR) is 167 cm³/mol. The number of ether oxygens (including phenoxy) is 4. The maximum atomic E-state index is 14.2. The van der Waals surface area contributed by atoms with Gasteiger partial charge in [0.15, 0.2) is 6.29 Å². The van der Waals surface area contributed by atoms with Crippen molar-refractivity contribution in [3.8, 4) is 17.2 Å². The van der Waals surface area contributed by atoms with E-state index in [0.29, 0.717) is 11.5 Å². The van der Waals surface area contributed by atoms with E-state index in [2.05, 4.69) is 6.58 Å². The molecule has 1 aliphatic carbocycles. The summed E-state index contributed by atoms with van der Waals surface area (Å²) in [5.41, 5.74) is 0.408. The summed E-state index contributed by atoms with van der Waals surface area (Å²) in [6.45, 7) is 7.64. The molecule has 0 saturated heterocycles. The lowest BCUT2D eigenvalue weighted by atomic mass is 9.86. The summed E-state index contributed by atoms with van der Waals surface area (Å²) >= 11 is 0. The van der Waals surface area contributed by atoms with Crippen molar-refractivity contribution in [1.29, 1.82) is 0 Å². The van der Waals surface area contributed by atoms with Crippen molar-refractivity contribution in [2.24, 2.45) is 0 Å². The Kier molecular flexibility index (Phi) is 10.3. The largest absolute Gasteiger partial charge is 0.508 e. The van der Waals surface area contributed by atoms with Crippen LogP contribution in [0.1, 0.15) is 62.6 Å². The van der Waals surface area contributed by atoms with Gasteiger partial charge in [0.1, 0.15) is 22.8 Å². The Bertz CT molecular complexity index is 1370. The van der Waals surface area contributed by atoms with Crippen LogP contribution in [0.5, 0.6) is 17.2 Å². The monoisotopic (exact) mass is 568 g/mol. The maximum Gasteiger partial charge on any atom is 0.359 e. The fourth-order valence-corrected chi connectivity index (χ4v) is 4.80. The molecule has 4 rings (SSSR count). The molecule has 3 aromatic rings. The SMILES string of the molecule is C=Cc1ccc(OC(C=Cc2ccc(O)cc2)(C=Cc2ccc(OC(C)OC)cc2)C(=O)OC2(C)CCCCC2)cc1. The number of hydrogen-bond acceptors (Lipinski definition) is 6. The Hall–Kier alpha value is -4.29. The van der Waals surface area contributed by atoms with Gasteiger partial charge in [-0.1, -0.05) is 67.6 Å². The number of methoxy groups -OCH3 is 1. The van der Waals surface area contributed by atoms with Crippen LogP contribution in [0.15, 0.2) is 91.5 Å². The van der Waals surface area contributed by atoms with Gasteiger partial charge in [0.2, 0.25) is 5.60 Å². The highest BCUT2D eigenvalue weighted by Crippen LogP contribution is 2.34. The van der Waals surface area contributed by atoms with Crippen molar-refractivity contribution in [2.75, 3.05) is 7.11 Å². The lowest BCUT2D eigenvalue weighted by Gasteiger charge is -2.37. The standard InChI is InChI=1S/C36H40O6/c1-5-28-11-19-33(20-12-28)41-36(25-21-29-9-15-31(37)16-10-29,34(38)42-35(3)23-7-6-8-24-35)26-22-30-13-17-32(18-14-30)40-27(2)39-4/h5,9-22,25-27,37H,1,6-8,23-24H2,2-4H3. The molecule has 220 valence electrons. The second-order valence-electron chi connectivity index (χ2n) is 10.8. The summed E-state index contributed by atoms with van der Waals surface area (Å²) < 4.78 is 23.7. The lowest BCUT2D eigenvalue weighted by molar-refractivity contribution is -0.172. The van der Waals surface area contributed by atoms with E-state index >= 15 is 0 Å². The zero-order valence-electron chi connectivity index (χ0n) is 24.6. The minimum absolute atomic E-state index is 0.161. The van der Waals surface area contributed by atoms with Crippen LogP contribution in [0.25, 0.3) is 18.2 Å². The van der Waals surface area contributed by atoms with Crippen LogP contribution < -0.4 is 9.47 Å².